The van der Waals surface area contributed by atoms with Crippen molar-refractivity contribution in [1.29, 1.82) is 0 Å². The molecule has 0 bridgehead atoms. The van der Waals surface area contributed by atoms with E-state index in [4.69, 9.17) is 0 Å². The van der Waals surface area contributed by atoms with Gasteiger partial charge in [-0.3, -0.25) is 19.2 Å². The molecule has 8 nitrogen and oxygen atoms in total. The van der Waals surface area contributed by atoms with Crippen molar-refractivity contribution in [2.75, 3.05) is 0 Å². The third-order valence-electron chi connectivity index (χ3n) is 4.10. The van der Waals surface area contributed by atoms with E-state index in [-0.39, 0.29) is 9.15 Å². The number of carbonyl (C=O) groups is 4. The highest BCUT2D eigenvalue weighted by molar-refractivity contribution is 14.1. The van der Waals surface area contributed by atoms with Crippen molar-refractivity contribution in [3.05, 3.63) is 49.1 Å². The van der Waals surface area contributed by atoms with Crippen molar-refractivity contribution in [3.63, 3.8) is 0 Å². The monoisotopic (exact) mass is 584 g/mol. The first-order valence-corrected chi connectivity index (χ1v) is 8.98. The van der Waals surface area contributed by atoms with Crippen LogP contribution in [0.1, 0.15) is 5.56 Å². The number of allylic oxidation sites excluding steroid dienone is 2. The average Bonchev–Trinajstić information content (AvgIpc) is 2.54. The summed E-state index contributed by atoms with van der Waals surface area (Å²) in [5.74, 6) is -8.33. The Morgan fingerprint density at radius 3 is 1.58 bits per heavy atom. The highest BCUT2D eigenvalue weighted by Gasteiger charge is 2.71. The van der Waals surface area contributed by atoms with Crippen molar-refractivity contribution in [3.8, 4) is 0 Å². The van der Waals surface area contributed by atoms with Crippen molar-refractivity contribution in [1.82, 2.24) is 0 Å². The van der Waals surface area contributed by atoms with Crippen LogP contribution in [0.5, 0.6) is 0 Å². The molecule has 1 aliphatic carbocycles. The summed E-state index contributed by atoms with van der Waals surface area (Å²) in [5, 5.41) is 38.3. The maximum Gasteiger partial charge on any atom is 0.327 e. The Morgan fingerprint density at radius 2 is 1.15 bits per heavy atom. The molecule has 1 aromatic carbocycles. The van der Waals surface area contributed by atoms with Gasteiger partial charge >= 0.3 is 23.9 Å². The Hall–Kier alpha value is -1.96. The summed E-state index contributed by atoms with van der Waals surface area (Å²) in [4.78, 5) is 47.5. The van der Waals surface area contributed by atoms with Crippen LogP contribution in [0.15, 0.2) is 40.0 Å². The molecule has 1 aliphatic rings. The van der Waals surface area contributed by atoms with Gasteiger partial charge in [0.2, 0.25) is 10.8 Å². The van der Waals surface area contributed by atoms with Crippen LogP contribution < -0.4 is 0 Å². The molecule has 0 amide bonds. The van der Waals surface area contributed by atoms with Gasteiger partial charge < -0.3 is 20.4 Å². The maximum atomic E-state index is 11.9. The van der Waals surface area contributed by atoms with Gasteiger partial charge in [0.25, 0.3) is 0 Å². The van der Waals surface area contributed by atoms with Crippen LogP contribution in [0.25, 0.3) is 5.57 Å². The molecule has 26 heavy (non-hydrogen) atoms. The number of hydrogen-bond acceptors (Lipinski definition) is 4. The first-order valence-electron chi connectivity index (χ1n) is 6.82. The molecule has 0 fully saturated rings. The number of rotatable bonds is 5. The van der Waals surface area contributed by atoms with Gasteiger partial charge in [-0.15, -0.1) is 0 Å². The SMILES string of the molecule is O=C(O)C1(C(=O)O)C=C(I)C(c2ccccc2I)=CC1(C(=O)O)C(=O)O. The number of carboxylic acid groups (broad SMARTS) is 4. The fourth-order valence-electron chi connectivity index (χ4n) is 2.77. The lowest BCUT2D eigenvalue weighted by Crippen LogP contribution is -2.60. The number of carboxylic acids is 4. The van der Waals surface area contributed by atoms with E-state index in [1.165, 1.54) is 0 Å². The lowest BCUT2D eigenvalue weighted by Gasteiger charge is -2.38. The molecule has 0 saturated heterocycles. The molecule has 0 radical (unpaired) electrons. The van der Waals surface area contributed by atoms with E-state index in [0.29, 0.717) is 21.3 Å². The van der Waals surface area contributed by atoms with Crippen LogP contribution in [0.2, 0.25) is 0 Å². The molecule has 136 valence electrons. The maximum absolute atomic E-state index is 11.9. The minimum absolute atomic E-state index is 0.120. The van der Waals surface area contributed by atoms with Gasteiger partial charge in [0, 0.05) is 7.15 Å². The van der Waals surface area contributed by atoms with E-state index >= 15 is 0 Å². The Kier molecular flexibility index (Phi) is 5.46. The van der Waals surface area contributed by atoms with Crippen LogP contribution >= 0.6 is 45.2 Å². The minimum atomic E-state index is -3.23. The molecular weight excluding hydrogens is 574 g/mol. The van der Waals surface area contributed by atoms with Gasteiger partial charge in [0.05, 0.1) is 0 Å². The van der Waals surface area contributed by atoms with Crippen LogP contribution in [0, 0.1) is 14.4 Å². The fraction of sp³-hybridized carbons (Fsp3) is 0.125. The average molecular weight is 584 g/mol. The zero-order chi connectivity index (χ0) is 19.9. The summed E-state index contributed by atoms with van der Waals surface area (Å²) >= 11 is 3.63. The number of halogens is 2. The molecule has 4 N–H and O–H groups in total. The summed E-state index contributed by atoms with van der Waals surface area (Å²) in [6.07, 6.45) is 1.39. The molecule has 0 aliphatic heterocycles. The predicted octanol–water partition coefficient (Wildman–Crippen LogP) is 2.32. The van der Waals surface area contributed by atoms with E-state index in [0.717, 1.165) is 0 Å². The van der Waals surface area contributed by atoms with E-state index in [1.807, 2.05) is 22.6 Å². The first-order chi connectivity index (χ1) is 12.0. The lowest BCUT2D eigenvalue weighted by atomic mass is 9.59. The second kappa shape index (κ2) is 6.98. The van der Waals surface area contributed by atoms with Gasteiger partial charge in [-0.05, 0) is 74.5 Å². The lowest BCUT2D eigenvalue weighted by molar-refractivity contribution is -0.185. The second-order valence-corrected chi connectivity index (χ2v) is 7.69. The highest BCUT2D eigenvalue weighted by atomic mass is 127. The zero-order valence-electron chi connectivity index (χ0n) is 12.6. The molecule has 0 atom stereocenters. The van der Waals surface area contributed by atoms with Gasteiger partial charge in [0.1, 0.15) is 0 Å². The summed E-state index contributed by atoms with van der Waals surface area (Å²) in [6, 6.07) is 6.65. The molecule has 0 saturated carbocycles. The molecule has 0 unspecified atom stereocenters. The summed E-state index contributed by atoms with van der Waals surface area (Å²) in [7, 11) is 0. The summed E-state index contributed by atoms with van der Waals surface area (Å²) in [5.41, 5.74) is -5.83. The van der Waals surface area contributed by atoms with Gasteiger partial charge in [-0.2, -0.15) is 0 Å². The molecule has 0 heterocycles. The van der Waals surface area contributed by atoms with Crippen molar-refractivity contribution in [2.24, 2.45) is 10.8 Å². The second-order valence-electron chi connectivity index (χ2n) is 5.37. The van der Waals surface area contributed by atoms with Crippen molar-refractivity contribution < 1.29 is 39.6 Å². The Balaban J connectivity index is 2.98. The Bertz CT molecular complexity index is 871. The standard InChI is InChI=1S/C16H10I2O8/c17-9-4-2-1-3-7(9)8-5-15(11(19)20,12(21)22)16(13(23)24,14(25)26)6-10(8)18/h1-6H,(H,19,20)(H,21,22)(H,23,24)(H,25,26). The van der Waals surface area contributed by atoms with Crippen LogP contribution in [-0.2, 0) is 19.2 Å². The molecule has 10 heteroatoms. The molecule has 0 spiro atoms. The zero-order valence-corrected chi connectivity index (χ0v) is 17.0. The number of aliphatic carboxylic acids is 4. The number of benzene rings is 1. The Labute approximate surface area is 173 Å². The van der Waals surface area contributed by atoms with Crippen LogP contribution in [0.4, 0.5) is 0 Å². The normalized spacial score (nSPS) is 17.6. The van der Waals surface area contributed by atoms with Crippen molar-refractivity contribution in [2.45, 2.75) is 0 Å². The summed E-state index contributed by atoms with van der Waals surface area (Å²) < 4.78 is 0.774. The first kappa shape index (κ1) is 20.4. The van der Waals surface area contributed by atoms with E-state index in [9.17, 15) is 39.6 Å². The summed E-state index contributed by atoms with van der Waals surface area (Å²) in [6.45, 7) is 0. The third-order valence-corrected chi connectivity index (χ3v) is 5.93. The topological polar surface area (TPSA) is 149 Å². The van der Waals surface area contributed by atoms with Crippen LogP contribution in [-0.4, -0.2) is 44.3 Å². The van der Waals surface area contributed by atoms with E-state index in [1.54, 1.807) is 46.9 Å². The third kappa shape index (κ3) is 2.71. The van der Waals surface area contributed by atoms with Crippen LogP contribution in [0.3, 0.4) is 0 Å². The molecule has 2 rings (SSSR count). The Morgan fingerprint density at radius 1 is 0.731 bits per heavy atom. The predicted molar refractivity (Wildman–Crippen MR) is 105 cm³/mol. The van der Waals surface area contributed by atoms with E-state index < -0.39 is 34.7 Å². The van der Waals surface area contributed by atoms with Gasteiger partial charge in [-0.1, -0.05) is 18.2 Å². The quantitative estimate of drug-likeness (QED) is 0.305. The molecule has 0 aromatic heterocycles. The van der Waals surface area contributed by atoms with Gasteiger partial charge in [0.15, 0.2) is 0 Å². The van der Waals surface area contributed by atoms with Gasteiger partial charge in [-0.25, -0.2) is 0 Å². The smallest absolute Gasteiger partial charge is 0.327 e. The fourth-order valence-corrected chi connectivity index (χ4v) is 4.36. The minimum Gasteiger partial charge on any atom is -0.480 e. The van der Waals surface area contributed by atoms with E-state index in [2.05, 4.69) is 0 Å². The largest absolute Gasteiger partial charge is 0.480 e. The molecule has 1 aromatic rings. The number of hydrogen-bond donors (Lipinski definition) is 4. The highest BCUT2D eigenvalue weighted by Crippen LogP contribution is 2.52. The molecular formula is C16H10I2O8. The van der Waals surface area contributed by atoms with Crippen molar-refractivity contribution >= 4 is 74.6 Å².